The molecule has 0 radical (unpaired) electrons. The minimum atomic E-state index is -0.629. The summed E-state index contributed by atoms with van der Waals surface area (Å²) in [5, 5.41) is 2.60. The molecule has 2 heterocycles. The van der Waals surface area contributed by atoms with Crippen LogP contribution in [0.4, 0.5) is 10.6 Å². The van der Waals surface area contributed by atoms with Crippen LogP contribution < -0.4 is 15.0 Å². The monoisotopic (exact) mass is 288 g/mol. The molecular weight excluding hydrogens is 280 g/mol. The van der Waals surface area contributed by atoms with E-state index in [2.05, 4.69) is 15.3 Å². The summed E-state index contributed by atoms with van der Waals surface area (Å²) in [7, 11) is 0. The Balaban J connectivity index is 2.11. The smallest absolute Gasteiger partial charge is 0.413 e. The fraction of sp³-hybridized carbons (Fsp3) is 0.333. The second-order valence-electron chi connectivity index (χ2n) is 3.18. The van der Waals surface area contributed by atoms with Gasteiger partial charge in [0.15, 0.2) is 23.4 Å². The first-order chi connectivity index (χ1) is 8.61. The number of thiocarbonyl (C=S) groups is 1. The predicted octanol–water partition coefficient (Wildman–Crippen LogP) is 1.32. The molecule has 18 heavy (non-hydrogen) atoms. The number of rotatable bonds is 1. The molecule has 0 saturated carbocycles. The van der Waals surface area contributed by atoms with Gasteiger partial charge in [-0.2, -0.15) is 4.98 Å². The number of hydrogen-bond donors (Lipinski definition) is 1. The number of carbonyl (C=O) groups excluding carboxylic acids is 1. The van der Waals surface area contributed by atoms with Gasteiger partial charge in [0.2, 0.25) is 5.28 Å². The molecule has 96 valence electrons. The first kappa shape index (κ1) is 12.8. The van der Waals surface area contributed by atoms with Crippen molar-refractivity contribution >= 4 is 40.8 Å². The third-order valence-electron chi connectivity index (χ3n) is 2.04. The normalized spacial score (nSPS) is 12.7. The lowest BCUT2D eigenvalue weighted by molar-refractivity contribution is 0.158. The van der Waals surface area contributed by atoms with Crippen molar-refractivity contribution in [2.45, 2.75) is 6.92 Å². The maximum Gasteiger partial charge on any atom is 0.413 e. The highest BCUT2D eigenvalue weighted by Gasteiger charge is 2.27. The number of nitrogens with zero attached hydrogens (tertiary/aromatic N) is 3. The molecule has 0 bridgehead atoms. The lowest BCUT2D eigenvalue weighted by Crippen LogP contribution is -2.42. The van der Waals surface area contributed by atoms with Gasteiger partial charge >= 0.3 is 6.09 Å². The fourth-order valence-electron chi connectivity index (χ4n) is 1.31. The molecule has 0 saturated heterocycles. The number of aromatic nitrogens is 2. The quantitative estimate of drug-likeness (QED) is 0.617. The Morgan fingerprint density at radius 2 is 2.56 bits per heavy atom. The summed E-state index contributed by atoms with van der Waals surface area (Å²) < 4.78 is 10.0. The van der Waals surface area contributed by atoms with Crippen molar-refractivity contribution in [2.24, 2.45) is 0 Å². The van der Waals surface area contributed by atoms with Gasteiger partial charge in [-0.15, -0.1) is 0 Å². The SMILES string of the molecule is CCOC(=O)NC(=S)N1COc2cnc(Cl)nc21. The van der Waals surface area contributed by atoms with Crippen LogP contribution >= 0.6 is 23.8 Å². The van der Waals surface area contributed by atoms with Crippen LogP contribution in [0.2, 0.25) is 5.28 Å². The summed E-state index contributed by atoms with van der Waals surface area (Å²) in [5.41, 5.74) is 0. The fourth-order valence-corrected chi connectivity index (χ4v) is 1.66. The molecule has 1 aliphatic heterocycles. The van der Waals surface area contributed by atoms with E-state index in [0.717, 1.165) is 0 Å². The highest BCUT2D eigenvalue weighted by molar-refractivity contribution is 7.80. The van der Waals surface area contributed by atoms with E-state index in [-0.39, 0.29) is 23.7 Å². The Kier molecular flexibility index (Phi) is 3.78. The molecule has 0 atom stereocenters. The van der Waals surface area contributed by atoms with Crippen LogP contribution in [0, 0.1) is 0 Å². The molecule has 1 aliphatic rings. The average Bonchev–Trinajstić information content (AvgIpc) is 2.71. The largest absolute Gasteiger partial charge is 0.467 e. The zero-order chi connectivity index (χ0) is 13.1. The number of hydrogen-bond acceptors (Lipinski definition) is 6. The van der Waals surface area contributed by atoms with Crippen molar-refractivity contribution in [2.75, 3.05) is 18.2 Å². The van der Waals surface area contributed by atoms with Crippen LogP contribution in [0.3, 0.4) is 0 Å². The van der Waals surface area contributed by atoms with Gasteiger partial charge in [0.25, 0.3) is 0 Å². The average molecular weight is 289 g/mol. The minimum absolute atomic E-state index is 0.0724. The number of ether oxygens (including phenoxy) is 2. The topological polar surface area (TPSA) is 76.6 Å². The van der Waals surface area contributed by atoms with E-state index in [1.807, 2.05) is 0 Å². The summed E-state index contributed by atoms with van der Waals surface area (Å²) in [5.74, 6) is 0.865. The van der Waals surface area contributed by atoms with Crippen molar-refractivity contribution < 1.29 is 14.3 Å². The third kappa shape index (κ3) is 2.59. The Hall–Kier alpha value is -1.67. The summed E-state index contributed by atoms with van der Waals surface area (Å²) in [4.78, 5) is 20.5. The van der Waals surface area contributed by atoms with Crippen LogP contribution in [0.1, 0.15) is 6.92 Å². The number of nitrogens with one attached hydrogen (secondary N) is 1. The number of anilines is 1. The molecule has 1 N–H and O–H groups in total. The molecule has 9 heteroatoms. The lowest BCUT2D eigenvalue weighted by atomic mass is 10.5. The van der Waals surface area contributed by atoms with Gasteiger partial charge in [-0.25, -0.2) is 9.78 Å². The number of halogens is 1. The Labute approximate surface area is 113 Å². The van der Waals surface area contributed by atoms with Crippen LogP contribution in [-0.4, -0.2) is 34.5 Å². The Bertz CT molecular complexity index is 499. The van der Waals surface area contributed by atoms with Crippen molar-refractivity contribution in [1.29, 1.82) is 0 Å². The summed E-state index contributed by atoms with van der Waals surface area (Å²) in [6.45, 7) is 2.09. The molecule has 0 spiro atoms. The maximum atomic E-state index is 11.2. The zero-order valence-electron chi connectivity index (χ0n) is 9.34. The van der Waals surface area contributed by atoms with E-state index in [4.69, 9.17) is 33.3 Å². The lowest BCUT2D eigenvalue weighted by Gasteiger charge is -2.16. The molecule has 0 aliphatic carbocycles. The van der Waals surface area contributed by atoms with Gasteiger partial charge in [0, 0.05) is 0 Å². The summed E-state index contributed by atoms with van der Waals surface area (Å²) >= 11 is 10.7. The molecule has 1 aromatic heterocycles. The van der Waals surface area contributed by atoms with E-state index in [9.17, 15) is 4.79 Å². The molecule has 7 nitrogen and oxygen atoms in total. The van der Waals surface area contributed by atoms with E-state index in [1.54, 1.807) is 6.92 Å². The minimum Gasteiger partial charge on any atom is -0.467 e. The molecular formula is C9H9ClN4O3S. The Morgan fingerprint density at radius 1 is 1.78 bits per heavy atom. The number of fused-ring (bicyclic) bond motifs is 1. The van der Waals surface area contributed by atoms with Crippen molar-refractivity contribution in [3.63, 3.8) is 0 Å². The molecule has 0 fully saturated rings. The maximum absolute atomic E-state index is 11.2. The van der Waals surface area contributed by atoms with Gasteiger partial charge in [0.05, 0.1) is 12.8 Å². The second kappa shape index (κ2) is 5.32. The van der Waals surface area contributed by atoms with Gasteiger partial charge in [-0.05, 0) is 30.7 Å². The van der Waals surface area contributed by atoms with E-state index in [1.165, 1.54) is 11.1 Å². The molecule has 1 amide bonds. The van der Waals surface area contributed by atoms with Gasteiger partial charge in [-0.1, -0.05) is 0 Å². The predicted molar refractivity (Wildman–Crippen MR) is 67.8 cm³/mol. The first-order valence-electron chi connectivity index (χ1n) is 5.02. The Morgan fingerprint density at radius 3 is 3.28 bits per heavy atom. The highest BCUT2D eigenvalue weighted by Crippen LogP contribution is 2.31. The van der Waals surface area contributed by atoms with E-state index in [0.29, 0.717) is 11.6 Å². The van der Waals surface area contributed by atoms with E-state index >= 15 is 0 Å². The number of amides is 1. The third-order valence-corrected chi connectivity index (χ3v) is 2.55. The molecule has 0 aromatic carbocycles. The summed E-state index contributed by atoms with van der Waals surface area (Å²) in [6, 6.07) is 0. The first-order valence-corrected chi connectivity index (χ1v) is 5.81. The van der Waals surface area contributed by atoms with Crippen LogP contribution in [-0.2, 0) is 4.74 Å². The van der Waals surface area contributed by atoms with Gasteiger partial charge in [0.1, 0.15) is 0 Å². The summed E-state index contributed by atoms with van der Waals surface area (Å²) in [6.07, 6.45) is 0.813. The molecule has 1 aromatic rings. The van der Waals surface area contributed by atoms with Crippen molar-refractivity contribution in [3.8, 4) is 5.75 Å². The van der Waals surface area contributed by atoms with Crippen molar-refractivity contribution in [1.82, 2.24) is 15.3 Å². The van der Waals surface area contributed by atoms with Gasteiger partial charge in [-0.3, -0.25) is 10.2 Å². The standard InChI is InChI=1S/C9H9ClN4O3S/c1-2-16-9(15)13-8(18)14-4-17-5-3-11-7(10)12-6(5)14/h3H,2,4H2,1H3,(H,13,15,18). The number of alkyl carbamates (subject to hydrolysis) is 1. The van der Waals surface area contributed by atoms with Gasteiger partial charge < -0.3 is 9.47 Å². The highest BCUT2D eigenvalue weighted by atomic mass is 35.5. The van der Waals surface area contributed by atoms with Crippen LogP contribution in [0.15, 0.2) is 6.20 Å². The van der Waals surface area contributed by atoms with Crippen LogP contribution in [0.5, 0.6) is 5.75 Å². The second-order valence-corrected chi connectivity index (χ2v) is 3.90. The van der Waals surface area contributed by atoms with E-state index < -0.39 is 6.09 Å². The molecule has 0 unspecified atom stereocenters. The zero-order valence-corrected chi connectivity index (χ0v) is 10.9. The van der Waals surface area contributed by atoms with Crippen LogP contribution in [0.25, 0.3) is 0 Å². The molecule has 2 rings (SSSR count). The van der Waals surface area contributed by atoms with Crippen molar-refractivity contribution in [3.05, 3.63) is 11.5 Å². The number of carbonyl (C=O) groups is 1.